The van der Waals surface area contributed by atoms with Crippen molar-refractivity contribution < 1.29 is 37.7 Å². The number of hydrogen-bond donors (Lipinski definition) is 1. The zero-order chi connectivity index (χ0) is 30.3. The fourth-order valence-electron chi connectivity index (χ4n) is 4.96. The molecule has 0 atom stereocenters. The van der Waals surface area contributed by atoms with E-state index in [1.165, 1.54) is 44.8 Å². The number of pyridine rings is 2. The van der Waals surface area contributed by atoms with Crippen LogP contribution in [0.5, 0.6) is 11.5 Å². The van der Waals surface area contributed by atoms with Crippen LogP contribution in [0.2, 0.25) is 0 Å². The molecule has 12 heteroatoms. The number of halogens is 2. The molecule has 2 heterocycles. The smallest absolute Gasteiger partial charge is 0.343 e. The Kier molecular flexibility index (Phi) is 7.72. The topological polar surface area (TPSA) is 126 Å². The summed E-state index contributed by atoms with van der Waals surface area (Å²) >= 11 is 0. The number of aromatic nitrogens is 2. The Balaban J connectivity index is 0.000000169. The molecule has 2 saturated carbocycles. The Morgan fingerprint density at radius 3 is 1.62 bits per heavy atom. The molecule has 0 unspecified atom stereocenters. The van der Waals surface area contributed by atoms with Crippen LogP contribution in [-0.2, 0) is 4.74 Å². The third-order valence-corrected chi connectivity index (χ3v) is 7.21. The molecule has 0 saturated heterocycles. The molecule has 0 amide bonds. The highest BCUT2D eigenvalue weighted by molar-refractivity contribution is 5.96. The maximum Gasteiger partial charge on any atom is 0.343 e. The lowest BCUT2D eigenvalue weighted by Gasteiger charge is -2.15. The van der Waals surface area contributed by atoms with Crippen LogP contribution < -0.4 is 20.3 Å². The van der Waals surface area contributed by atoms with Gasteiger partial charge in [0.1, 0.15) is 11.1 Å². The van der Waals surface area contributed by atoms with Crippen molar-refractivity contribution in [2.24, 2.45) is 0 Å². The maximum atomic E-state index is 14.0. The SMILES string of the molecule is CCOC(=O)c1cn(C2CC2)c2c(OC)c(F)ccc2c1=O.COc1c(F)ccc2c(=O)c(C(=O)O)cn(C3CC3)c12. The van der Waals surface area contributed by atoms with Crippen LogP contribution in [0.25, 0.3) is 21.8 Å². The van der Waals surface area contributed by atoms with Gasteiger partial charge in [0, 0.05) is 24.5 Å². The van der Waals surface area contributed by atoms with Crippen LogP contribution in [0.15, 0.2) is 46.2 Å². The molecule has 4 aromatic rings. The van der Waals surface area contributed by atoms with Crippen LogP contribution >= 0.6 is 0 Å². The van der Waals surface area contributed by atoms with Gasteiger partial charge in [0.2, 0.25) is 10.9 Å². The fourth-order valence-corrected chi connectivity index (χ4v) is 4.96. The van der Waals surface area contributed by atoms with Crippen molar-refractivity contribution in [1.82, 2.24) is 9.13 Å². The number of carbonyl (C=O) groups is 2. The summed E-state index contributed by atoms with van der Waals surface area (Å²) in [6.45, 7) is 1.86. The summed E-state index contributed by atoms with van der Waals surface area (Å²) in [5.74, 6) is -3.05. The summed E-state index contributed by atoms with van der Waals surface area (Å²) in [4.78, 5) is 47.8. The van der Waals surface area contributed by atoms with Crippen molar-refractivity contribution in [2.45, 2.75) is 44.7 Å². The van der Waals surface area contributed by atoms with Crippen LogP contribution in [0, 0.1) is 11.6 Å². The number of benzene rings is 2. The van der Waals surface area contributed by atoms with Crippen molar-refractivity contribution in [3.05, 3.63) is 79.9 Å². The van der Waals surface area contributed by atoms with Crippen LogP contribution in [0.1, 0.15) is 65.4 Å². The minimum atomic E-state index is -1.28. The van der Waals surface area contributed by atoms with Gasteiger partial charge in [-0.05, 0) is 56.9 Å². The van der Waals surface area contributed by atoms with E-state index < -0.39 is 34.4 Å². The van der Waals surface area contributed by atoms with E-state index in [9.17, 15) is 28.0 Å². The molecule has 1 N–H and O–H groups in total. The first-order valence-corrected chi connectivity index (χ1v) is 13.4. The second kappa shape index (κ2) is 11.3. The Labute approximate surface area is 237 Å². The summed E-state index contributed by atoms with van der Waals surface area (Å²) < 4.78 is 46.3. The van der Waals surface area contributed by atoms with Gasteiger partial charge in [-0.15, -0.1) is 0 Å². The lowest BCUT2D eigenvalue weighted by Crippen LogP contribution is -2.21. The van der Waals surface area contributed by atoms with E-state index in [4.69, 9.17) is 19.3 Å². The van der Waals surface area contributed by atoms with E-state index in [0.29, 0.717) is 11.0 Å². The van der Waals surface area contributed by atoms with Crippen molar-refractivity contribution in [3.63, 3.8) is 0 Å². The zero-order valence-electron chi connectivity index (χ0n) is 23.1. The highest BCUT2D eigenvalue weighted by atomic mass is 19.1. The van der Waals surface area contributed by atoms with E-state index in [1.54, 1.807) is 16.1 Å². The monoisotopic (exact) mass is 582 g/mol. The number of carbonyl (C=O) groups excluding carboxylic acids is 1. The number of nitrogens with zero attached hydrogens (tertiary/aromatic N) is 2. The number of fused-ring (bicyclic) bond motifs is 2. The summed E-state index contributed by atoms with van der Waals surface area (Å²) in [6, 6.07) is 5.22. The summed E-state index contributed by atoms with van der Waals surface area (Å²) in [6.07, 6.45) is 6.32. The molecule has 2 aliphatic rings. The Morgan fingerprint density at radius 1 is 0.810 bits per heavy atom. The number of carboxylic acid groups (broad SMARTS) is 1. The molecule has 220 valence electrons. The van der Waals surface area contributed by atoms with Gasteiger partial charge in [-0.3, -0.25) is 9.59 Å². The third-order valence-electron chi connectivity index (χ3n) is 7.21. The van der Waals surface area contributed by atoms with Gasteiger partial charge in [-0.2, -0.15) is 0 Å². The normalized spacial score (nSPS) is 14.3. The highest BCUT2D eigenvalue weighted by Gasteiger charge is 2.30. The Bertz CT molecular complexity index is 1860. The fraction of sp³-hybridized carbons (Fsp3) is 0.333. The molecule has 42 heavy (non-hydrogen) atoms. The van der Waals surface area contributed by atoms with Crippen LogP contribution in [0.3, 0.4) is 0 Å². The molecule has 0 radical (unpaired) electrons. The third kappa shape index (κ3) is 5.08. The average Bonchev–Trinajstić information content (AvgIpc) is 3.88. The molecular weight excluding hydrogens is 554 g/mol. The summed E-state index contributed by atoms with van der Waals surface area (Å²) in [5.41, 5.74) is -0.715. The van der Waals surface area contributed by atoms with E-state index >= 15 is 0 Å². The standard InChI is InChI=1S/C16H16FNO4.C14H12FNO4/c1-3-22-16(20)11-8-18(9-4-5-9)13-10(14(11)19)6-7-12(17)15(13)21-2;1-20-13-10(15)5-4-8-11(13)16(7-2-3-7)6-9(12(8)17)14(18)19/h6-9H,3-5H2,1-2H3;4-7H,2-3H2,1H3,(H,18,19). The van der Waals surface area contributed by atoms with Crippen molar-refractivity contribution >= 4 is 33.7 Å². The molecule has 6 rings (SSSR count). The first kappa shape index (κ1) is 28.8. The Morgan fingerprint density at radius 2 is 1.24 bits per heavy atom. The molecule has 0 bridgehead atoms. The molecule has 2 aromatic heterocycles. The van der Waals surface area contributed by atoms with Crippen molar-refractivity contribution in [1.29, 1.82) is 0 Å². The van der Waals surface area contributed by atoms with Gasteiger partial charge >= 0.3 is 11.9 Å². The second-order valence-corrected chi connectivity index (χ2v) is 10.00. The predicted octanol–water partition coefficient (Wildman–Crippen LogP) is 4.84. The van der Waals surface area contributed by atoms with Gasteiger partial charge in [0.15, 0.2) is 23.1 Å². The van der Waals surface area contributed by atoms with Crippen LogP contribution in [0.4, 0.5) is 8.78 Å². The molecule has 2 fully saturated rings. The zero-order valence-corrected chi connectivity index (χ0v) is 23.1. The van der Waals surface area contributed by atoms with Gasteiger partial charge in [0.05, 0.1) is 42.6 Å². The number of aromatic carboxylic acids is 1. The van der Waals surface area contributed by atoms with Crippen LogP contribution in [-0.4, -0.2) is 47.0 Å². The average molecular weight is 583 g/mol. The number of rotatable bonds is 7. The highest BCUT2D eigenvalue weighted by Crippen LogP contribution is 2.41. The van der Waals surface area contributed by atoms with E-state index in [2.05, 4.69) is 0 Å². The number of carboxylic acids is 1. The predicted molar refractivity (Wildman–Crippen MR) is 149 cm³/mol. The number of methoxy groups -OCH3 is 2. The van der Waals surface area contributed by atoms with Gasteiger partial charge in [-0.1, -0.05) is 0 Å². The van der Waals surface area contributed by atoms with E-state index in [0.717, 1.165) is 31.7 Å². The van der Waals surface area contributed by atoms with Gasteiger partial charge < -0.3 is 28.5 Å². The maximum absolute atomic E-state index is 14.0. The number of esters is 1. The van der Waals surface area contributed by atoms with Gasteiger partial charge in [-0.25, -0.2) is 18.4 Å². The molecule has 0 spiro atoms. The molecule has 10 nitrogen and oxygen atoms in total. The number of hydrogen-bond acceptors (Lipinski definition) is 7. The minimum absolute atomic E-state index is 0.0246. The first-order chi connectivity index (χ1) is 20.1. The summed E-state index contributed by atoms with van der Waals surface area (Å²) in [7, 11) is 2.68. The molecular formula is C30H28F2N2O8. The molecule has 0 aliphatic heterocycles. The lowest BCUT2D eigenvalue weighted by molar-refractivity contribution is 0.0523. The lowest BCUT2D eigenvalue weighted by atomic mass is 10.1. The van der Waals surface area contributed by atoms with Crippen molar-refractivity contribution in [2.75, 3.05) is 20.8 Å². The van der Waals surface area contributed by atoms with Crippen molar-refractivity contribution in [3.8, 4) is 11.5 Å². The largest absolute Gasteiger partial charge is 0.492 e. The molecule has 2 aliphatic carbocycles. The first-order valence-electron chi connectivity index (χ1n) is 13.4. The Hall–Kier alpha value is -4.74. The van der Waals surface area contributed by atoms with E-state index in [1.807, 2.05) is 0 Å². The quantitative estimate of drug-likeness (QED) is 0.307. The van der Waals surface area contributed by atoms with E-state index in [-0.39, 0.29) is 52.1 Å². The molecule has 2 aromatic carbocycles. The summed E-state index contributed by atoms with van der Waals surface area (Å²) in [5, 5.41) is 9.54. The number of ether oxygens (including phenoxy) is 3. The second-order valence-electron chi connectivity index (χ2n) is 10.00. The minimum Gasteiger partial charge on any atom is -0.492 e. The van der Waals surface area contributed by atoms with Gasteiger partial charge in [0.25, 0.3) is 0 Å².